The Labute approximate surface area is 156 Å². The third kappa shape index (κ3) is 3.88. The SMILES string of the molecule is CC1CCN(C(=O)c2ccc(NC3CCOC4(CCCC4)C3)nc2)CC1. The fraction of sp³-hybridized carbons (Fsp3) is 0.714. The summed E-state index contributed by atoms with van der Waals surface area (Å²) in [5, 5.41) is 3.57. The summed E-state index contributed by atoms with van der Waals surface area (Å²) in [6, 6.07) is 4.29. The van der Waals surface area contributed by atoms with E-state index in [9.17, 15) is 4.79 Å². The van der Waals surface area contributed by atoms with Gasteiger partial charge in [0.1, 0.15) is 5.82 Å². The Bertz CT molecular complexity index is 617. The Morgan fingerprint density at radius 3 is 2.69 bits per heavy atom. The first-order chi connectivity index (χ1) is 12.6. The predicted molar refractivity (Wildman–Crippen MR) is 102 cm³/mol. The van der Waals surface area contributed by atoms with E-state index in [1.54, 1.807) is 6.20 Å². The monoisotopic (exact) mass is 357 g/mol. The van der Waals surface area contributed by atoms with Crippen LogP contribution in [0.5, 0.6) is 0 Å². The fourth-order valence-electron chi connectivity index (χ4n) is 4.73. The minimum atomic E-state index is 0.108. The highest BCUT2D eigenvalue weighted by atomic mass is 16.5. The number of likely N-dealkylation sites (tertiary alicyclic amines) is 1. The maximum atomic E-state index is 12.6. The average Bonchev–Trinajstić information content (AvgIpc) is 3.10. The van der Waals surface area contributed by atoms with Crippen LogP contribution in [0, 0.1) is 5.92 Å². The van der Waals surface area contributed by atoms with Crippen molar-refractivity contribution < 1.29 is 9.53 Å². The molecule has 1 unspecified atom stereocenters. The molecule has 0 aromatic carbocycles. The maximum Gasteiger partial charge on any atom is 0.255 e. The van der Waals surface area contributed by atoms with Gasteiger partial charge in [0, 0.05) is 31.9 Å². The topological polar surface area (TPSA) is 54.5 Å². The third-order valence-electron chi connectivity index (χ3n) is 6.44. The van der Waals surface area contributed by atoms with Crippen LogP contribution in [0.4, 0.5) is 5.82 Å². The summed E-state index contributed by atoms with van der Waals surface area (Å²) in [6.45, 7) is 4.83. The number of ether oxygens (including phenoxy) is 1. The number of hydrogen-bond donors (Lipinski definition) is 1. The molecule has 1 atom stereocenters. The van der Waals surface area contributed by atoms with Gasteiger partial charge in [-0.3, -0.25) is 4.79 Å². The molecule has 142 valence electrons. The van der Waals surface area contributed by atoms with Crippen LogP contribution in [-0.4, -0.2) is 47.1 Å². The number of piperidine rings is 1. The highest BCUT2D eigenvalue weighted by Crippen LogP contribution is 2.40. The van der Waals surface area contributed by atoms with Gasteiger partial charge in [0.15, 0.2) is 0 Å². The van der Waals surface area contributed by atoms with E-state index in [2.05, 4.69) is 17.2 Å². The van der Waals surface area contributed by atoms with Gasteiger partial charge in [0.2, 0.25) is 0 Å². The van der Waals surface area contributed by atoms with Crippen molar-refractivity contribution >= 4 is 11.7 Å². The van der Waals surface area contributed by atoms with Crippen LogP contribution in [0.1, 0.15) is 68.6 Å². The molecule has 3 fully saturated rings. The molecule has 0 bridgehead atoms. The van der Waals surface area contributed by atoms with E-state index in [-0.39, 0.29) is 11.5 Å². The maximum absolute atomic E-state index is 12.6. The molecule has 5 nitrogen and oxygen atoms in total. The van der Waals surface area contributed by atoms with Gasteiger partial charge >= 0.3 is 0 Å². The first-order valence-electron chi connectivity index (χ1n) is 10.3. The average molecular weight is 357 g/mol. The van der Waals surface area contributed by atoms with E-state index in [0.29, 0.717) is 11.6 Å². The summed E-state index contributed by atoms with van der Waals surface area (Å²) in [7, 11) is 0. The Morgan fingerprint density at radius 2 is 2.00 bits per heavy atom. The van der Waals surface area contributed by atoms with Crippen molar-refractivity contribution in [2.45, 2.75) is 69.9 Å². The molecule has 1 saturated carbocycles. The number of nitrogens with one attached hydrogen (secondary N) is 1. The number of aromatic nitrogens is 1. The lowest BCUT2D eigenvalue weighted by Gasteiger charge is -2.38. The number of carbonyl (C=O) groups is 1. The minimum absolute atomic E-state index is 0.108. The number of nitrogens with zero attached hydrogens (tertiary/aromatic N) is 2. The second-order valence-corrected chi connectivity index (χ2v) is 8.48. The molecule has 26 heavy (non-hydrogen) atoms. The number of anilines is 1. The summed E-state index contributed by atoms with van der Waals surface area (Å²) in [5.41, 5.74) is 0.807. The molecular weight excluding hydrogens is 326 g/mol. The molecular formula is C21H31N3O2. The van der Waals surface area contributed by atoms with E-state index in [0.717, 1.165) is 57.1 Å². The number of pyridine rings is 1. The van der Waals surface area contributed by atoms with E-state index >= 15 is 0 Å². The number of hydrogen-bond acceptors (Lipinski definition) is 4. The first kappa shape index (κ1) is 17.8. The van der Waals surface area contributed by atoms with Crippen LogP contribution < -0.4 is 5.32 Å². The molecule has 5 heteroatoms. The van der Waals surface area contributed by atoms with Crippen LogP contribution in [0.25, 0.3) is 0 Å². The van der Waals surface area contributed by atoms with Crippen molar-refractivity contribution in [2.24, 2.45) is 5.92 Å². The molecule has 1 amide bonds. The third-order valence-corrected chi connectivity index (χ3v) is 6.44. The molecule has 3 aliphatic rings. The van der Waals surface area contributed by atoms with E-state index < -0.39 is 0 Å². The molecule has 1 spiro atoms. The minimum Gasteiger partial charge on any atom is -0.375 e. The van der Waals surface area contributed by atoms with Gasteiger partial charge in [-0.05, 0) is 56.6 Å². The zero-order valence-corrected chi connectivity index (χ0v) is 15.9. The molecule has 1 N–H and O–H groups in total. The van der Waals surface area contributed by atoms with E-state index in [4.69, 9.17) is 4.74 Å². The van der Waals surface area contributed by atoms with Crippen LogP contribution in [0.15, 0.2) is 18.3 Å². The summed E-state index contributed by atoms with van der Waals surface area (Å²) < 4.78 is 6.11. The number of amides is 1. The van der Waals surface area contributed by atoms with Crippen molar-refractivity contribution in [2.75, 3.05) is 25.0 Å². The molecule has 0 radical (unpaired) electrons. The molecule has 1 aromatic heterocycles. The van der Waals surface area contributed by atoms with E-state index in [1.807, 2.05) is 17.0 Å². The Kier molecular flexibility index (Phi) is 5.16. The van der Waals surface area contributed by atoms with Gasteiger partial charge in [0.25, 0.3) is 5.91 Å². The Morgan fingerprint density at radius 1 is 1.23 bits per heavy atom. The first-order valence-corrected chi connectivity index (χ1v) is 10.3. The summed E-state index contributed by atoms with van der Waals surface area (Å²) in [5.74, 6) is 1.71. The van der Waals surface area contributed by atoms with Gasteiger partial charge in [0.05, 0.1) is 11.2 Å². The number of rotatable bonds is 3. The molecule has 2 saturated heterocycles. The van der Waals surface area contributed by atoms with Crippen molar-refractivity contribution in [1.29, 1.82) is 0 Å². The van der Waals surface area contributed by atoms with Crippen LogP contribution >= 0.6 is 0 Å². The van der Waals surface area contributed by atoms with Gasteiger partial charge in [-0.2, -0.15) is 0 Å². The summed E-state index contributed by atoms with van der Waals surface area (Å²) >= 11 is 0. The summed E-state index contributed by atoms with van der Waals surface area (Å²) in [4.78, 5) is 19.1. The highest BCUT2D eigenvalue weighted by Gasteiger charge is 2.39. The zero-order valence-electron chi connectivity index (χ0n) is 15.9. The van der Waals surface area contributed by atoms with Crippen molar-refractivity contribution in [3.8, 4) is 0 Å². The lowest BCUT2D eigenvalue weighted by Crippen LogP contribution is -2.42. The van der Waals surface area contributed by atoms with Crippen molar-refractivity contribution in [3.63, 3.8) is 0 Å². The normalized spacial score (nSPS) is 26.2. The van der Waals surface area contributed by atoms with Crippen LogP contribution in [-0.2, 0) is 4.74 Å². The lowest BCUT2D eigenvalue weighted by atomic mass is 9.89. The van der Waals surface area contributed by atoms with Gasteiger partial charge in [-0.1, -0.05) is 19.8 Å². The van der Waals surface area contributed by atoms with Crippen molar-refractivity contribution in [1.82, 2.24) is 9.88 Å². The van der Waals surface area contributed by atoms with Gasteiger partial charge in [-0.25, -0.2) is 4.98 Å². The summed E-state index contributed by atoms with van der Waals surface area (Å²) in [6.07, 6.45) is 11.0. The Balaban J connectivity index is 1.35. The zero-order chi connectivity index (χ0) is 18.0. The predicted octanol–water partition coefficient (Wildman–Crippen LogP) is 3.86. The lowest BCUT2D eigenvalue weighted by molar-refractivity contribution is -0.0767. The second kappa shape index (κ2) is 7.55. The van der Waals surface area contributed by atoms with Crippen LogP contribution in [0.3, 0.4) is 0 Å². The largest absolute Gasteiger partial charge is 0.375 e. The molecule has 1 aromatic rings. The van der Waals surface area contributed by atoms with Gasteiger partial charge < -0.3 is 15.0 Å². The molecule has 4 rings (SSSR count). The molecule has 3 heterocycles. The van der Waals surface area contributed by atoms with Crippen LogP contribution in [0.2, 0.25) is 0 Å². The Hall–Kier alpha value is -1.62. The fourth-order valence-corrected chi connectivity index (χ4v) is 4.73. The molecule has 2 aliphatic heterocycles. The highest BCUT2D eigenvalue weighted by molar-refractivity contribution is 5.94. The van der Waals surface area contributed by atoms with E-state index in [1.165, 1.54) is 25.7 Å². The second-order valence-electron chi connectivity index (χ2n) is 8.48. The quantitative estimate of drug-likeness (QED) is 0.892. The standard InChI is InChI=1S/C21H31N3O2/c1-16-6-11-24(12-7-16)20(25)17-4-5-19(22-15-17)23-18-8-13-26-21(14-18)9-2-3-10-21/h4-5,15-16,18H,2-3,6-14H2,1H3,(H,22,23). The smallest absolute Gasteiger partial charge is 0.255 e. The molecule has 1 aliphatic carbocycles. The number of carbonyl (C=O) groups excluding carboxylic acids is 1. The van der Waals surface area contributed by atoms with Gasteiger partial charge in [-0.15, -0.1) is 0 Å². The van der Waals surface area contributed by atoms with Crippen molar-refractivity contribution in [3.05, 3.63) is 23.9 Å².